The molecular weight excluding hydrogens is 454 g/mol. The number of hydrogen-bond donors (Lipinski definition) is 1. The molecular formula is C22H28ClN3O5S. The molecule has 3 rings (SSSR count). The molecule has 0 aromatic heterocycles. The molecule has 10 heteroatoms. The lowest BCUT2D eigenvalue weighted by atomic mass is 10.1. The van der Waals surface area contributed by atoms with Gasteiger partial charge < -0.3 is 19.7 Å². The fraction of sp³-hybridized carbons (Fsp3) is 0.409. The van der Waals surface area contributed by atoms with Crippen molar-refractivity contribution in [2.24, 2.45) is 0 Å². The van der Waals surface area contributed by atoms with E-state index < -0.39 is 22.0 Å². The van der Waals surface area contributed by atoms with Crippen LogP contribution in [0, 0.1) is 0 Å². The third-order valence-electron chi connectivity index (χ3n) is 5.22. The summed E-state index contributed by atoms with van der Waals surface area (Å²) in [7, 11) is -2.39. The van der Waals surface area contributed by atoms with Crippen molar-refractivity contribution in [3.8, 4) is 5.75 Å². The molecule has 0 unspecified atom stereocenters. The Labute approximate surface area is 194 Å². The number of anilines is 3. The first kappa shape index (κ1) is 24.2. The molecule has 174 valence electrons. The monoisotopic (exact) mass is 481 g/mol. The third kappa shape index (κ3) is 5.65. The number of nitrogens with zero attached hydrogens (tertiary/aromatic N) is 2. The van der Waals surface area contributed by atoms with Gasteiger partial charge in [-0.15, -0.1) is 0 Å². The van der Waals surface area contributed by atoms with Gasteiger partial charge in [-0.1, -0.05) is 18.5 Å². The van der Waals surface area contributed by atoms with Crippen LogP contribution in [0.15, 0.2) is 42.5 Å². The van der Waals surface area contributed by atoms with Crippen LogP contribution in [0.1, 0.15) is 13.3 Å². The summed E-state index contributed by atoms with van der Waals surface area (Å²) < 4.78 is 37.2. The van der Waals surface area contributed by atoms with Gasteiger partial charge in [0.15, 0.2) is 0 Å². The lowest BCUT2D eigenvalue weighted by Gasteiger charge is -2.31. The van der Waals surface area contributed by atoms with Crippen LogP contribution in [-0.4, -0.2) is 60.0 Å². The van der Waals surface area contributed by atoms with Gasteiger partial charge in [-0.25, -0.2) is 8.42 Å². The van der Waals surface area contributed by atoms with E-state index in [9.17, 15) is 13.2 Å². The summed E-state index contributed by atoms with van der Waals surface area (Å²) in [6.45, 7) is 4.75. The van der Waals surface area contributed by atoms with E-state index in [2.05, 4.69) is 10.2 Å². The van der Waals surface area contributed by atoms with Crippen molar-refractivity contribution in [1.82, 2.24) is 0 Å². The van der Waals surface area contributed by atoms with E-state index in [1.165, 1.54) is 13.2 Å². The molecule has 32 heavy (non-hydrogen) atoms. The molecule has 1 aliphatic rings. The minimum Gasteiger partial charge on any atom is -0.495 e. The highest BCUT2D eigenvalue weighted by molar-refractivity contribution is 7.92. The second-order valence-corrected chi connectivity index (χ2v) is 9.73. The molecule has 0 aliphatic carbocycles. The summed E-state index contributed by atoms with van der Waals surface area (Å²) in [5.41, 5.74) is 1.84. The molecule has 1 N–H and O–H groups in total. The van der Waals surface area contributed by atoms with E-state index in [0.29, 0.717) is 29.7 Å². The SMILES string of the molecule is CC[C@@H](C(=O)Nc1ccc(N2CCOCC2)cc1)N(c1cc(Cl)ccc1OC)S(C)(=O)=O. The molecule has 1 saturated heterocycles. The van der Waals surface area contributed by atoms with E-state index in [1.54, 1.807) is 31.2 Å². The summed E-state index contributed by atoms with van der Waals surface area (Å²) in [6.07, 6.45) is 1.31. The number of carbonyl (C=O) groups excluding carboxylic acids is 1. The van der Waals surface area contributed by atoms with E-state index >= 15 is 0 Å². The van der Waals surface area contributed by atoms with Gasteiger partial charge in [0.2, 0.25) is 15.9 Å². The van der Waals surface area contributed by atoms with Gasteiger partial charge >= 0.3 is 0 Å². The maximum Gasteiger partial charge on any atom is 0.248 e. The number of methoxy groups -OCH3 is 1. The lowest BCUT2D eigenvalue weighted by Crippen LogP contribution is -2.47. The molecule has 0 spiro atoms. The first-order valence-electron chi connectivity index (χ1n) is 10.3. The summed E-state index contributed by atoms with van der Waals surface area (Å²) in [6, 6.07) is 11.1. The van der Waals surface area contributed by atoms with E-state index in [4.69, 9.17) is 21.1 Å². The predicted molar refractivity (Wildman–Crippen MR) is 128 cm³/mol. The number of ether oxygens (including phenoxy) is 2. The molecule has 1 aliphatic heterocycles. The zero-order valence-electron chi connectivity index (χ0n) is 18.4. The highest BCUT2D eigenvalue weighted by Crippen LogP contribution is 2.35. The molecule has 8 nitrogen and oxygen atoms in total. The van der Waals surface area contributed by atoms with E-state index in [-0.39, 0.29) is 12.1 Å². The van der Waals surface area contributed by atoms with Crippen LogP contribution >= 0.6 is 11.6 Å². The quantitative estimate of drug-likeness (QED) is 0.622. The number of benzene rings is 2. The first-order chi connectivity index (χ1) is 15.2. The number of halogens is 1. The molecule has 1 fully saturated rings. The number of sulfonamides is 1. The molecule has 2 aromatic carbocycles. The van der Waals surface area contributed by atoms with Crippen molar-refractivity contribution < 1.29 is 22.7 Å². The van der Waals surface area contributed by atoms with Crippen molar-refractivity contribution in [3.63, 3.8) is 0 Å². The maximum atomic E-state index is 13.2. The minimum absolute atomic E-state index is 0.215. The molecule has 0 bridgehead atoms. The van der Waals surface area contributed by atoms with Crippen LogP contribution in [0.3, 0.4) is 0 Å². The number of nitrogens with one attached hydrogen (secondary N) is 1. The molecule has 1 heterocycles. The van der Waals surface area contributed by atoms with Crippen molar-refractivity contribution >= 4 is 44.6 Å². The van der Waals surface area contributed by atoms with Gasteiger partial charge in [0.25, 0.3) is 0 Å². The third-order valence-corrected chi connectivity index (χ3v) is 6.62. The van der Waals surface area contributed by atoms with Crippen molar-refractivity contribution in [2.45, 2.75) is 19.4 Å². The lowest BCUT2D eigenvalue weighted by molar-refractivity contribution is -0.117. The minimum atomic E-state index is -3.82. The van der Waals surface area contributed by atoms with Crippen molar-refractivity contribution in [1.29, 1.82) is 0 Å². The number of morpholine rings is 1. The van der Waals surface area contributed by atoms with Crippen molar-refractivity contribution in [3.05, 3.63) is 47.5 Å². The maximum absolute atomic E-state index is 13.2. The van der Waals surface area contributed by atoms with Crippen LogP contribution in [-0.2, 0) is 19.6 Å². The van der Waals surface area contributed by atoms with Gasteiger partial charge in [-0.2, -0.15) is 0 Å². The first-order valence-corrected chi connectivity index (χ1v) is 12.5. The van der Waals surface area contributed by atoms with Crippen LogP contribution < -0.4 is 19.3 Å². The largest absolute Gasteiger partial charge is 0.495 e. The predicted octanol–water partition coefficient (Wildman–Crippen LogP) is 3.37. The molecule has 0 radical (unpaired) electrons. The zero-order chi connectivity index (χ0) is 23.3. The second-order valence-electron chi connectivity index (χ2n) is 7.43. The van der Waals surface area contributed by atoms with Crippen molar-refractivity contribution in [2.75, 3.05) is 54.2 Å². The van der Waals surface area contributed by atoms with E-state index in [1.807, 2.05) is 12.1 Å². The van der Waals surface area contributed by atoms with Gasteiger partial charge in [-0.3, -0.25) is 9.10 Å². The molecule has 2 aromatic rings. The van der Waals surface area contributed by atoms with Crippen LogP contribution in [0.4, 0.5) is 17.1 Å². The Hall–Kier alpha value is -2.49. The Balaban J connectivity index is 1.85. The van der Waals surface area contributed by atoms with Gasteiger partial charge in [0.05, 0.1) is 32.3 Å². The van der Waals surface area contributed by atoms with Crippen LogP contribution in [0.25, 0.3) is 0 Å². The standard InChI is InChI=1S/C22H28ClN3O5S/c1-4-19(26(32(3,28)29)20-15-16(23)5-10-21(20)30-2)22(27)24-17-6-8-18(9-7-17)25-11-13-31-14-12-25/h5-10,15,19H,4,11-14H2,1-3H3,(H,24,27)/t19-/m0/s1. The average molecular weight is 482 g/mol. The molecule has 0 saturated carbocycles. The number of rotatable bonds is 8. The summed E-state index contributed by atoms with van der Waals surface area (Å²) in [5, 5.41) is 3.17. The van der Waals surface area contributed by atoms with Gasteiger partial charge in [-0.05, 0) is 48.9 Å². The molecule has 1 atom stereocenters. The van der Waals surface area contributed by atoms with Gasteiger partial charge in [0.1, 0.15) is 11.8 Å². The van der Waals surface area contributed by atoms with Gasteiger partial charge in [0, 0.05) is 29.5 Å². The normalized spacial score (nSPS) is 15.2. The Bertz CT molecular complexity index is 1040. The fourth-order valence-electron chi connectivity index (χ4n) is 3.67. The smallest absolute Gasteiger partial charge is 0.248 e. The summed E-state index contributed by atoms with van der Waals surface area (Å²) >= 11 is 6.11. The summed E-state index contributed by atoms with van der Waals surface area (Å²) in [4.78, 5) is 15.4. The number of amides is 1. The molecule has 1 amide bonds. The second kappa shape index (κ2) is 10.4. The highest BCUT2D eigenvalue weighted by Gasteiger charge is 2.33. The Morgan fingerprint density at radius 3 is 2.44 bits per heavy atom. The highest BCUT2D eigenvalue weighted by atomic mass is 35.5. The Kier molecular flexibility index (Phi) is 7.86. The van der Waals surface area contributed by atoms with E-state index in [0.717, 1.165) is 29.3 Å². The Morgan fingerprint density at radius 2 is 1.88 bits per heavy atom. The average Bonchev–Trinajstić information content (AvgIpc) is 2.77. The van der Waals surface area contributed by atoms with Crippen LogP contribution in [0.5, 0.6) is 5.75 Å². The fourth-order valence-corrected chi connectivity index (χ4v) is 5.05. The zero-order valence-corrected chi connectivity index (χ0v) is 19.9. The number of carbonyl (C=O) groups is 1. The number of hydrogen-bond acceptors (Lipinski definition) is 6. The summed E-state index contributed by atoms with van der Waals surface area (Å²) in [5.74, 6) is -0.139. The topological polar surface area (TPSA) is 88.2 Å². The van der Waals surface area contributed by atoms with Crippen LogP contribution in [0.2, 0.25) is 5.02 Å². The Morgan fingerprint density at radius 1 is 1.22 bits per heavy atom.